The number of aromatic nitrogens is 1. The number of halogens is 2. The smallest absolute Gasteiger partial charge is 0.263 e. The topological polar surface area (TPSA) is 25.2 Å². The van der Waals surface area contributed by atoms with Gasteiger partial charge in [-0.05, 0) is 42.0 Å². The zero-order valence-corrected chi connectivity index (χ0v) is 19.2. The van der Waals surface area contributed by atoms with Crippen molar-refractivity contribution in [2.75, 3.05) is 4.90 Å². The van der Waals surface area contributed by atoms with Gasteiger partial charge in [-0.3, -0.25) is 9.69 Å². The van der Waals surface area contributed by atoms with Crippen molar-refractivity contribution in [3.05, 3.63) is 124 Å². The predicted octanol–water partition coefficient (Wildman–Crippen LogP) is 7.73. The molecule has 0 saturated heterocycles. The van der Waals surface area contributed by atoms with Crippen molar-refractivity contribution in [2.45, 2.75) is 6.54 Å². The van der Waals surface area contributed by atoms with Crippen LogP contribution in [0.5, 0.6) is 0 Å². The van der Waals surface area contributed by atoms with Crippen molar-refractivity contribution in [2.24, 2.45) is 0 Å². The molecule has 0 unspecified atom stereocenters. The van der Waals surface area contributed by atoms with E-state index in [-0.39, 0.29) is 5.91 Å². The zero-order valence-electron chi connectivity index (χ0n) is 17.7. The number of rotatable bonds is 5. The molecule has 0 N–H and O–H groups in total. The first-order chi connectivity index (χ1) is 16.1. The summed E-state index contributed by atoms with van der Waals surface area (Å²) in [4.78, 5) is 15.2. The molecule has 3 nitrogen and oxygen atoms in total. The molecule has 0 atom stereocenters. The molecular formula is C28H20Cl2N2O. The number of nitrogens with zero attached hydrogens (tertiary/aromatic N) is 2. The lowest BCUT2D eigenvalue weighted by molar-refractivity contribution is -0.112. The van der Waals surface area contributed by atoms with Crippen molar-refractivity contribution < 1.29 is 4.79 Å². The van der Waals surface area contributed by atoms with Crippen LogP contribution in [0, 0.1) is 0 Å². The summed E-state index contributed by atoms with van der Waals surface area (Å²) in [7, 11) is 0. The van der Waals surface area contributed by atoms with Crippen LogP contribution in [0.2, 0.25) is 10.0 Å². The molecule has 33 heavy (non-hydrogen) atoms. The molecule has 1 aromatic heterocycles. The fourth-order valence-corrected chi connectivity index (χ4v) is 4.61. The van der Waals surface area contributed by atoms with E-state index in [0.717, 1.165) is 22.5 Å². The molecular weight excluding hydrogens is 451 g/mol. The molecule has 2 heterocycles. The van der Waals surface area contributed by atoms with Crippen molar-refractivity contribution in [3.8, 4) is 0 Å². The molecule has 0 spiro atoms. The van der Waals surface area contributed by atoms with Gasteiger partial charge in [-0.2, -0.15) is 0 Å². The summed E-state index contributed by atoms with van der Waals surface area (Å²) in [6.07, 6.45) is 8.14. The third-order valence-electron chi connectivity index (χ3n) is 5.60. The van der Waals surface area contributed by atoms with Crippen LogP contribution in [0.25, 0.3) is 17.7 Å². The molecule has 5 rings (SSSR count). The van der Waals surface area contributed by atoms with Crippen LogP contribution in [0.3, 0.4) is 0 Å². The van der Waals surface area contributed by atoms with Gasteiger partial charge >= 0.3 is 0 Å². The van der Waals surface area contributed by atoms with E-state index in [9.17, 15) is 4.79 Å². The second-order valence-corrected chi connectivity index (χ2v) is 8.50. The molecule has 0 aliphatic carbocycles. The van der Waals surface area contributed by atoms with Crippen molar-refractivity contribution >= 4 is 58.2 Å². The Labute approximate surface area is 202 Å². The van der Waals surface area contributed by atoms with E-state index >= 15 is 0 Å². The average molecular weight is 471 g/mol. The van der Waals surface area contributed by atoms with Crippen LogP contribution >= 0.6 is 23.2 Å². The Bertz CT molecular complexity index is 1370. The van der Waals surface area contributed by atoms with Crippen LogP contribution in [0.1, 0.15) is 16.8 Å². The number of carbonyl (C=O) groups is 1. The summed E-state index contributed by atoms with van der Waals surface area (Å²) in [6, 6.07) is 27.1. The van der Waals surface area contributed by atoms with Crippen LogP contribution < -0.4 is 4.90 Å². The standard InChI is InChI=1S/C28H20Cl2N2O/c29-24-14-6-15-25(30)27(24)32-26-16-5-4-13-22(26)23(28(32)33)19-21-12-8-18-31(21)17-7-11-20-9-2-1-3-10-20/h1-16,18-19H,17H2/b11-7+,23-19-. The number of fused-ring (bicyclic) bond motifs is 1. The summed E-state index contributed by atoms with van der Waals surface area (Å²) < 4.78 is 2.10. The van der Waals surface area contributed by atoms with Gasteiger partial charge in [0.25, 0.3) is 5.91 Å². The molecule has 0 fully saturated rings. The molecule has 0 bridgehead atoms. The number of carbonyl (C=O) groups excluding carboxylic acids is 1. The van der Waals surface area contributed by atoms with Crippen LogP contribution in [0.4, 0.5) is 11.4 Å². The lowest BCUT2D eigenvalue weighted by atomic mass is 10.1. The fourth-order valence-electron chi connectivity index (χ4n) is 4.04. The van der Waals surface area contributed by atoms with Crippen LogP contribution in [0.15, 0.2) is 97.2 Å². The zero-order chi connectivity index (χ0) is 22.8. The van der Waals surface area contributed by atoms with Gasteiger partial charge < -0.3 is 4.57 Å². The van der Waals surface area contributed by atoms with E-state index < -0.39 is 0 Å². The second kappa shape index (κ2) is 9.14. The number of amides is 1. The lowest BCUT2D eigenvalue weighted by Gasteiger charge is -2.20. The lowest BCUT2D eigenvalue weighted by Crippen LogP contribution is -2.21. The summed E-state index contributed by atoms with van der Waals surface area (Å²) in [5, 5.41) is 0.864. The number of para-hydroxylation sites is 2. The number of anilines is 2. The molecule has 4 aromatic rings. The van der Waals surface area contributed by atoms with E-state index in [1.807, 2.05) is 66.9 Å². The van der Waals surface area contributed by atoms with E-state index in [1.54, 1.807) is 23.1 Å². The molecule has 5 heteroatoms. The Morgan fingerprint density at radius 1 is 0.788 bits per heavy atom. The first-order valence-corrected chi connectivity index (χ1v) is 11.4. The Kier molecular flexibility index (Phi) is 5.91. The highest BCUT2D eigenvalue weighted by Crippen LogP contribution is 2.46. The van der Waals surface area contributed by atoms with Gasteiger partial charge in [-0.1, -0.05) is 90.0 Å². The normalized spacial score (nSPS) is 14.4. The fraction of sp³-hybridized carbons (Fsp3) is 0.0357. The predicted molar refractivity (Wildman–Crippen MR) is 138 cm³/mol. The third-order valence-corrected chi connectivity index (χ3v) is 6.21. The Morgan fingerprint density at radius 3 is 2.30 bits per heavy atom. The van der Waals surface area contributed by atoms with E-state index in [0.29, 0.717) is 27.9 Å². The van der Waals surface area contributed by atoms with Crippen LogP contribution in [-0.2, 0) is 11.3 Å². The van der Waals surface area contributed by atoms with E-state index in [1.165, 1.54) is 0 Å². The molecule has 1 aliphatic heterocycles. The average Bonchev–Trinajstić information content (AvgIpc) is 3.38. The first kappa shape index (κ1) is 21.3. The third kappa shape index (κ3) is 4.13. The van der Waals surface area contributed by atoms with E-state index in [2.05, 4.69) is 28.9 Å². The van der Waals surface area contributed by atoms with Gasteiger partial charge in [0, 0.05) is 24.0 Å². The number of hydrogen-bond acceptors (Lipinski definition) is 1. The van der Waals surface area contributed by atoms with E-state index in [4.69, 9.17) is 23.2 Å². The summed E-state index contributed by atoms with van der Waals surface area (Å²) >= 11 is 12.9. The molecule has 162 valence electrons. The molecule has 3 aromatic carbocycles. The first-order valence-electron chi connectivity index (χ1n) is 10.6. The maximum absolute atomic E-state index is 13.6. The maximum Gasteiger partial charge on any atom is 0.263 e. The minimum Gasteiger partial charge on any atom is -0.344 e. The Balaban J connectivity index is 1.51. The number of benzene rings is 3. The van der Waals surface area contributed by atoms with Crippen molar-refractivity contribution in [3.63, 3.8) is 0 Å². The van der Waals surface area contributed by atoms with Gasteiger partial charge in [0.2, 0.25) is 0 Å². The summed E-state index contributed by atoms with van der Waals surface area (Å²) in [5.74, 6) is -0.154. The highest BCUT2D eigenvalue weighted by atomic mass is 35.5. The van der Waals surface area contributed by atoms with Gasteiger partial charge in [0.1, 0.15) is 0 Å². The second-order valence-electron chi connectivity index (χ2n) is 7.68. The number of allylic oxidation sites excluding steroid dienone is 1. The van der Waals surface area contributed by atoms with Gasteiger partial charge in [-0.15, -0.1) is 0 Å². The van der Waals surface area contributed by atoms with Crippen molar-refractivity contribution in [1.82, 2.24) is 4.57 Å². The largest absolute Gasteiger partial charge is 0.344 e. The summed E-state index contributed by atoms with van der Waals surface area (Å²) in [6.45, 7) is 0.691. The Hall–Kier alpha value is -3.53. The minimum absolute atomic E-state index is 0.154. The van der Waals surface area contributed by atoms with Crippen LogP contribution in [-0.4, -0.2) is 10.5 Å². The maximum atomic E-state index is 13.6. The van der Waals surface area contributed by atoms with Gasteiger partial charge in [-0.25, -0.2) is 0 Å². The Morgan fingerprint density at radius 2 is 1.52 bits per heavy atom. The van der Waals surface area contributed by atoms with Gasteiger partial charge in [0.05, 0.1) is 27.0 Å². The van der Waals surface area contributed by atoms with Gasteiger partial charge in [0.15, 0.2) is 0 Å². The SMILES string of the molecule is O=C1/C(=C\c2cccn2C/C=C/c2ccccc2)c2ccccc2N1c1c(Cl)cccc1Cl. The molecule has 0 saturated carbocycles. The molecule has 1 aliphatic rings. The highest BCUT2D eigenvalue weighted by molar-refractivity contribution is 6.44. The number of hydrogen-bond donors (Lipinski definition) is 0. The highest BCUT2D eigenvalue weighted by Gasteiger charge is 2.35. The van der Waals surface area contributed by atoms with Crippen molar-refractivity contribution in [1.29, 1.82) is 0 Å². The minimum atomic E-state index is -0.154. The quantitative estimate of drug-likeness (QED) is 0.274. The summed E-state index contributed by atoms with van der Waals surface area (Å²) in [5.41, 5.74) is 4.82. The molecule has 1 amide bonds. The monoisotopic (exact) mass is 470 g/mol. The molecule has 0 radical (unpaired) electrons.